The number of nitrogens with one attached hydrogen (secondary N) is 1. The molecule has 0 bridgehead atoms. The largest absolute Gasteiger partial charge is 0.377 e. The van der Waals surface area contributed by atoms with Crippen molar-refractivity contribution in [3.8, 4) is 12.3 Å². The van der Waals surface area contributed by atoms with Crippen LogP contribution >= 0.6 is 0 Å². The lowest BCUT2D eigenvalue weighted by Crippen LogP contribution is -2.41. The maximum Gasteiger partial charge on any atom is 0.208 e. The van der Waals surface area contributed by atoms with Crippen LogP contribution in [-0.2, 0) is 11.3 Å². The molecule has 0 amide bonds. The van der Waals surface area contributed by atoms with Crippen molar-refractivity contribution in [2.45, 2.75) is 77.4 Å². The number of aromatic nitrogens is 4. The lowest BCUT2D eigenvalue weighted by atomic mass is 9.80. The molecule has 40 heavy (non-hydrogen) atoms. The second-order valence-corrected chi connectivity index (χ2v) is 11.8. The highest BCUT2D eigenvalue weighted by molar-refractivity contribution is 5.95. The van der Waals surface area contributed by atoms with Crippen LogP contribution in [0.4, 0.5) is 11.8 Å². The van der Waals surface area contributed by atoms with Gasteiger partial charge in [0.15, 0.2) is 23.1 Å². The van der Waals surface area contributed by atoms with Crippen molar-refractivity contribution in [2.24, 2.45) is 17.8 Å². The molecule has 1 N–H and O–H groups in total. The van der Waals surface area contributed by atoms with E-state index in [1.807, 2.05) is 6.07 Å². The molecule has 8 heteroatoms. The third-order valence-corrected chi connectivity index (χ3v) is 9.21. The third-order valence-electron chi connectivity index (χ3n) is 9.21. The SMILES string of the molecule is C#CC1CCC(Cn2c(N3CCOC[C@H]3c3ccccc3)nc3nc(C(C)=O)nc(N[C@H](C)C4CCC4)c32)CC1. The number of ether oxygens (including phenoxy) is 1. The molecule has 6 rings (SSSR count). The number of hydrogen-bond acceptors (Lipinski definition) is 7. The molecule has 3 aliphatic rings. The van der Waals surface area contributed by atoms with Crippen molar-refractivity contribution in [1.82, 2.24) is 19.5 Å². The number of fused-ring (bicyclic) bond motifs is 1. The minimum absolute atomic E-state index is 0.0354. The van der Waals surface area contributed by atoms with Crippen molar-refractivity contribution < 1.29 is 9.53 Å². The first-order valence-electron chi connectivity index (χ1n) is 14.9. The summed E-state index contributed by atoms with van der Waals surface area (Å²) in [6, 6.07) is 10.8. The molecule has 1 aliphatic heterocycles. The summed E-state index contributed by atoms with van der Waals surface area (Å²) in [6.45, 7) is 6.51. The molecule has 8 nitrogen and oxygen atoms in total. The molecule has 2 aromatic heterocycles. The van der Waals surface area contributed by atoms with Crippen LogP contribution in [-0.4, -0.2) is 51.1 Å². The van der Waals surface area contributed by atoms with Gasteiger partial charge in [-0.25, -0.2) is 9.97 Å². The first-order chi connectivity index (χ1) is 19.5. The summed E-state index contributed by atoms with van der Waals surface area (Å²) in [5, 5.41) is 3.70. The minimum Gasteiger partial charge on any atom is -0.377 e. The molecule has 210 valence electrons. The van der Waals surface area contributed by atoms with E-state index < -0.39 is 0 Å². The number of carbonyl (C=O) groups is 1. The Hall–Kier alpha value is -3.44. The van der Waals surface area contributed by atoms with Crippen LogP contribution in [0, 0.1) is 30.1 Å². The van der Waals surface area contributed by atoms with E-state index in [0.717, 1.165) is 56.1 Å². The Morgan fingerprint density at radius 3 is 2.58 bits per heavy atom. The van der Waals surface area contributed by atoms with E-state index in [4.69, 9.17) is 26.1 Å². The summed E-state index contributed by atoms with van der Waals surface area (Å²) in [7, 11) is 0. The van der Waals surface area contributed by atoms with Gasteiger partial charge in [-0.1, -0.05) is 36.8 Å². The zero-order chi connectivity index (χ0) is 27.6. The first kappa shape index (κ1) is 26.8. The molecule has 3 heterocycles. The van der Waals surface area contributed by atoms with E-state index in [0.29, 0.717) is 36.6 Å². The van der Waals surface area contributed by atoms with Gasteiger partial charge in [0.2, 0.25) is 5.95 Å². The van der Waals surface area contributed by atoms with Gasteiger partial charge in [-0.2, -0.15) is 4.98 Å². The van der Waals surface area contributed by atoms with Gasteiger partial charge in [0.1, 0.15) is 5.52 Å². The highest BCUT2D eigenvalue weighted by atomic mass is 16.5. The first-order valence-corrected chi connectivity index (χ1v) is 14.9. The fourth-order valence-electron chi connectivity index (χ4n) is 6.51. The van der Waals surface area contributed by atoms with E-state index >= 15 is 0 Å². The van der Waals surface area contributed by atoms with Gasteiger partial charge in [0.05, 0.1) is 19.3 Å². The molecule has 1 saturated heterocycles. The number of rotatable bonds is 8. The Morgan fingerprint density at radius 2 is 1.90 bits per heavy atom. The van der Waals surface area contributed by atoms with Gasteiger partial charge >= 0.3 is 0 Å². The Kier molecular flexibility index (Phi) is 7.75. The molecule has 0 spiro atoms. The van der Waals surface area contributed by atoms with Gasteiger partial charge in [-0.3, -0.25) is 4.79 Å². The average Bonchev–Trinajstić information content (AvgIpc) is 3.31. The Labute approximate surface area is 236 Å². The van der Waals surface area contributed by atoms with Gasteiger partial charge in [-0.05, 0) is 62.8 Å². The van der Waals surface area contributed by atoms with Crippen LogP contribution in [0.2, 0.25) is 0 Å². The second-order valence-electron chi connectivity index (χ2n) is 11.8. The molecule has 0 unspecified atom stereocenters. The molecule has 0 radical (unpaired) electrons. The zero-order valence-electron chi connectivity index (χ0n) is 23.7. The predicted octanol–water partition coefficient (Wildman–Crippen LogP) is 5.65. The lowest BCUT2D eigenvalue weighted by Gasteiger charge is -2.37. The molecule has 2 saturated carbocycles. The monoisotopic (exact) mass is 540 g/mol. The Bertz CT molecular complexity index is 1380. The predicted molar refractivity (Wildman–Crippen MR) is 157 cm³/mol. The lowest BCUT2D eigenvalue weighted by molar-refractivity contribution is 0.0927. The molecule has 1 aromatic carbocycles. The molecular formula is C32H40N6O2. The summed E-state index contributed by atoms with van der Waals surface area (Å²) >= 11 is 0. The highest BCUT2D eigenvalue weighted by Crippen LogP contribution is 2.38. The van der Waals surface area contributed by atoms with E-state index in [1.165, 1.54) is 31.7 Å². The number of ketones is 1. The van der Waals surface area contributed by atoms with E-state index in [2.05, 4.69) is 51.9 Å². The molecule has 3 fully saturated rings. The number of nitrogens with zero attached hydrogens (tertiary/aromatic N) is 5. The van der Waals surface area contributed by atoms with E-state index in [-0.39, 0.29) is 23.7 Å². The van der Waals surface area contributed by atoms with Crippen molar-refractivity contribution >= 4 is 28.7 Å². The van der Waals surface area contributed by atoms with Crippen LogP contribution in [0.15, 0.2) is 30.3 Å². The molecule has 3 aromatic rings. The van der Waals surface area contributed by atoms with Crippen molar-refractivity contribution in [2.75, 3.05) is 30.0 Å². The number of hydrogen-bond donors (Lipinski definition) is 1. The average molecular weight is 541 g/mol. The van der Waals surface area contributed by atoms with Crippen molar-refractivity contribution in [1.29, 1.82) is 0 Å². The number of Topliss-reactive ketones (excluding diaryl/α,β-unsaturated/α-hetero) is 1. The van der Waals surface area contributed by atoms with Gasteiger partial charge in [-0.15, -0.1) is 12.3 Å². The van der Waals surface area contributed by atoms with Crippen LogP contribution in [0.1, 0.15) is 81.0 Å². The van der Waals surface area contributed by atoms with Crippen molar-refractivity contribution in [3.63, 3.8) is 0 Å². The maximum atomic E-state index is 12.5. The molecular weight excluding hydrogens is 500 g/mol. The van der Waals surface area contributed by atoms with Crippen LogP contribution < -0.4 is 10.2 Å². The third kappa shape index (κ3) is 5.32. The standard InChI is InChI=1S/C32H40N6O2/c1-4-23-13-15-24(16-14-23)19-38-28-30(33-21(2)25-11-8-12-25)34-29(22(3)39)35-31(28)36-32(38)37-17-18-40-20-27(37)26-9-6-5-7-10-26/h1,5-7,9-10,21,23-25,27H,8,11-20H2,2-3H3,(H,33,34,35)/t21-,23?,24?,27+/m1/s1. The quantitative estimate of drug-likeness (QED) is 0.292. The van der Waals surface area contributed by atoms with Gasteiger partial charge in [0, 0.05) is 32.0 Å². The number of morpholine rings is 1. The summed E-state index contributed by atoms with van der Waals surface area (Å²) in [5.74, 6) is 6.09. The number of carbonyl (C=O) groups excluding carboxylic acids is 1. The normalized spacial score (nSPS) is 24.3. The number of imidazole rings is 1. The molecule has 2 atom stereocenters. The minimum atomic E-state index is -0.154. The summed E-state index contributed by atoms with van der Waals surface area (Å²) < 4.78 is 8.30. The van der Waals surface area contributed by atoms with Crippen molar-refractivity contribution in [3.05, 3.63) is 41.7 Å². The fraction of sp³-hybridized carbons (Fsp3) is 0.562. The Balaban J connectivity index is 1.46. The van der Waals surface area contributed by atoms with Gasteiger partial charge < -0.3 is 19.5 Å². The summed E-state index contributed by atoms with van der Waals surface area (Å²) in [5.41, 5.74) is 2.67. The van der Waals surface area contributed by atoms with E-state index in [1.54, 1.807) is 0 Å². The highest BCUT2D eigenvalue weighted by Gasteiger charge is 2.33. The number of anilines is 2. The van der Waals surface area contributed by atoms with Crippen LogP contribution in [0.3, 0.4) is 0 Å². The number of benzene rings is 1. The van der Waals surface area contributed by atoms with Crippen LogP contribution in [0.25, 0.3) is 11.2 Å². The van der Waals surface area contributed by atoms with Crippen LogP contribution in [0.5, 0.6) is 0 Å². The Morgan fingerprint density at radius 1 is 1.12 bits per heavy atom. The summed E-state index contributed by atoms with van der Waals surface area (Å²) in [6.07, 6.45) is 13.8. The maximum absolute atomic E-state index is 12.5. The molecule has 2 aliphatic carbocycles. The zero-order valence-corrected chi connectivity index (χ0v) is 23.7. The number of terminal acetylenes is 1. The van der Waals surface area contributed by atoms with Gasteiger partial charge in [0.25, 0.3) is 0 Å². The van der Waals surface area contributed by atoms with E-state index in [9.17, 15) is 4.79 Å². The fourth-order valence-corrected chi connectivity index (χ4v) is 6.51. The summed E-state index contributed by atoms with van der Waals surface area (Å²) in [4.78, 5) is 29.5. The second kappa shape index (κ2) is 11.6. The topological polar surface area (TPSA) is 85.2 Å². The smallest absolute Gasteiger partial charge is 0.208 e.